The highest BCUT2D eigenvalue weighted by Crippen LogP contribution is 2.24. The molecule has 0 bridgehead atoms. The van der Waals surface area contributed by atoms with Crippen molar-refractivity contribution < 1.29 is 9.50 Å². The summed E-state index contributed by atoms with van der Waals surface area (Å²) in [5.41, 5.74) is 2.33. The molecule has 0 saturated heterocycles. The summed E-state index contributed by atoms with van der Waals surface area (Å²) >= 11 is 0. The van der Waals surface area contributed by atoms with Gasteiger partial charge in [0.1, 0.15) is 0 Å². The fourth-order valence-electron chi connectivity index (χ4n) is 0.632. The average Bonchev–Trinajstić information content (AvgIpc) is 1.95. The van der Waals surface area contributed by atoms with E-state index in [1.54, 1.807) is 0 Å². The molecule has 0 heterocycles. The van der Waals surface area contributed by atoms with Crippen LogP contribution in [0.5, 0.6) is 5.75 Å². The van der Waals surface area contributed by atoms with Gasteiger partial charge in [0.15, 0.2) is 11.6 Å². The number of hydrogen-bond acceptors (Lipinski definition) is 3. The maximum atomic E-state index is 12.4. The minimum absolute atomic E-state index is 0.181. The number of nitrogen functional groups attached to an aromatic ring is 1. The van der Waals surface area contributed by atoms with Gasteiger partial charge < -0.3 is 10.5 Å². The minimum Gasteiger partial charge on any atom is -0.503 e. The van der Waals surface area contributed by atoms with Crippen molar-refractivity contribution in [3.05, 3.63) is 24.0 Å². The number of anilines is 1. The van der Waals surface area contributed by atoms with Crippen LogP contribution in [0.1, 0.15) is 0 Å². The number of phenolic OH excluding ortho intramolecular Hbond substituents is 1. The molecule has 0 saturated carbocycles. The first kappa shape index (κ1) is 6.82. The fourth-order valence-corrected chi connectivity index (χ4v) is 0.632. The number of benzene rings is 1. The van der Waals surface area contributed by atoms with Crippen LogP contribution in [0.25, 0.3) is 0 Å². The largest absolute Gasteiger partial charge is 0.503 e. The number of hydrazine groups is 1. The third-order valence-corrected chi connectivity index (χ3v) is 1.14. The summed E-state index contributed by atoms with van der Waals surface area (Å²) in [5, 5.41) is 8.88. The summed E-state index contributed by atoms with van der Waals surface area (Å²) < 4.78 is 12.4. The van der Waals surface area contributed by atoms with Gasteiger partial charge in [-0.25, -0.2) is 4.39 Å². The molecule has 0 radical (unpaired) electrons. The topological polar surface area (TPSA) is 58.3 Å². The predicted octanol–water partition coefficient (Wildman–Crippen LogP) is 0.817. The molecule has 3 nitrogen and oxygen atoms in total. The van der Waals surface area contributed by atoms with E-state index in [0.29, 0.717) is 0 Å². The number of aromatic hydroxyl groups is 1. The maximum absolute atomic E-state index is 12.4. The van der Waals surface area contributed by atoms with Crippen molar-refractivity contribution in [2.75, 3.05) is 5.43 Å². The molecule has 0 amide bonds. The van der Waals surface area contributed by atoms with Gasteiger partial charge in [0.2, 0.25) is 0 Å². The van der Waals surface area contributed by atoms with Gasteiger partial charge in [-0.1, -0.05) is 6.07 Å². The van der Waals surface area contributed by atoms with Crippen LogP contribution in [0.15, 0.2) is 18.2 Å². The molecule has 0 atom stereocenters. The fraction of sp³-hybridized carbons (Fsp3) is 0. The number of nitrogens with one attached hydrogen (secondary N) is 1. The third kappa shape index (κ3) is 1.01. The van der Waals surface area contributed by atoms with Crippen molar-refractivity contribution in [3.8, 4) is 5.75 Å². The second-order valence-electron chi connectivity index (χ2n) is 1.78. The lowest BCUT2D eigenvalue weighted by Crippen LogP contribution is -2.06. The number of para-hydroxylation sites is 1. The lowest BCUT2D eigenvalue weighted by molar-refractivity contribution is 0.434. The molecule has 1 aromatic carbocycles. The normalized spacial score (nSPS) is 9.40. The van der Waals surface area contributed by atoms with Gasteiger partial charge in [-0.2, -0.15) is 0 Å². The first-order chi connectivity index (χ1) is 4.75. The van der Waals surface area contributed by atoms with Crippen LogP contribution in [-0.4, -0.2) is 5.11 Å². The van der Waals surface area contributed by atoms with E-state index in [1.807, 2.05) is 0 Å². The summed E-state index contributed by atoms with van der Waals surface area (Å²) in [4.78, 5) is 0. The van der Waals surface area contributed by atoms with E-state index in [4.69, 9.17) is 10.9 Å². The Morgan fingerprint density at radius 1 is 1.50 bits per heavy atom. The molecular weight excluding hydrogens is 135 g/mol. The maximum Gasteiger partial charge on any atom is 0.176 e. The smallest absolute Gasteiger partial charge is 0.176 e. The van der Waals surface area contributed by atoms with Gasteiger partial charge in [0, 0.05) is 0 Å². The van der Waals surface area contributed by atoms with Crippen LogP contribution in [0.3, 0.4) is 0 Å². The number of nitrogens with two attached hydrogens (primary N) is 1. The summed E-state index contributed by atoms with van der Waals surface area (Å²) in [6, 6.07) is 4.07. The molecule has 0 aliphatic carbocycles. The molecule has 0 unspecified atom stereocenters. The molecule has 4 heteroatoms. The number of phenols is 1. The van der Waals surface area contributed by atoms with Crippen LogP contribution >= 0.6 is 0 Å². The molecule has 0 aromatic heterocycles. The molecule has 10 heavy (non-hydrogen) atoms. The Balaban J connectivity index is 3.14. The molecule has 1 rings (SSSR count). The number of halogens is 1. The Hall–Kier alpha value is -1.29. The second-order valence-corrected chi connectivity index (χ2v) is 1.78. The van der Waals surface area contributed by atoms with Gasteiger partial charge in [0.05, 0.1) is 5.69 Å². The van der Waals surface area contributed by atoms with Crippen LogP contribution in [0, 0.1) is 5.82 Å². The lowest BCUT2D eigenvalue weighted by atomic mass is 10.3. The Morgan fingerprint density at radius 2 is 2.20 bits per heavy atom. The zero-order valence-electron chi connectivity index (χ0n) is 5.13. The predicted molar refractivity (Wildman–Crippen MR) is 35.9 cm³/mol. The van der Waals surface area contributed by atoms with Crippen molar-refractivity contribution in [2.24, 2.45) is 5.84 Å². The van der Waals surface area contributed by atoms with Crippen LogP contribution in [0.4, 0.5) is 10.1 Å². The summed E-state index contributed by atoms with van der Waals surface area (Å²) in [5.74, 6) is 3.80. The highest BCUT2D eigenvalue weighted by atomic mass is 19.1. The molecule has 0 aliphatic heterocycles. The minimum atomic E-state index is -0.685. The van der Waals surface area contributed by atoms with Gasteiger partial charge in [-0.15, -0.1) is 0 Å². The van der Waals surface area contributed by atoms with Crippen molar-refractivity contribution in [2.45, 2.75) is 0 Å². The van der Waals surface area contributed by atoms with E-state index < -0.39 is 11.6 Å². The van der Waals surface area contributed by atoms with Crippen LogP contribution in [-0.2, 0) is 0 Å². The Kier molecular flexibility index (Phi) is 1.73. The quantitative estimate of drug-likeness (QED) is 0.309. The van der Waals surface area contributed by atoms with Crippen molar-refractivity contribution in [1.82, 2.24) is 0 Å². The Morgan fingerprint density at radius 3 is 2.70 bits per heavy atom. The molecule has 1 aromatic rings. The molecule has 4 N–H and O–H groups in total. The third-order valence-electron chi connectivity index (χ3n) is 1.14. The second kappa shape index (κ2) is 2.53. The van der Waals surface area contributed by atoms with E-state index in [-0.39, 0.29) is 5.69 Å². The Bertz CT molecular complexity index is 239. The van der Waals surface area contributed by atoms with Crippen molar-refractivity contribution in [1.29, 1.82) is 0 Å². The van der Waals surface area contributed by atoms with Crippen LogP contribution < -0.4 is 11.3 Å². The number of rotatable bonds is 1. The lowest BCUT2D eigenvalue weighted by Gasteiger charge is -2.01. The molecular formula is C6H7FN2O. The van der Waals surface area contributed by atoms with Crippen molar-refractivity contribution >= 4 is 5.69 Å². The summed E-state index contributed by atoms with van der Waals surface area (Å²) in [7, 11) is 0. The van der Waals surface area contributed by atoms with Gasteiger partial charge in [-0.3, -0.25) is 5.84 Å². The molecule has 0 spiro atoms. The molecule has 0 fully saturated rings. The zero-order chi connectivity index (χ0) is 7.56. The van der Waals surface area contributed by atoms with E-state index in [2.05, 4.69) is 5.43 Å². The van der Waals surface area contributed by atoms with Crippen molar-refractivity contribution in [3.63, 3.8) is 0 Å². The van der Waals surface area contributed by atoms with Gasteiger partial charge >= 0.3 is 0 Å². The highest BCUT2D eigenvalue weighted by Gasteiger charge is 2.02. The standard InChI is InChI=1S/C6H7FN2O/c7-4-2-1-3-5(9-8)6(4)10/h1-3,9-10H,8H2. The average molecular weight is 142 g/mol. The first-order valence-corrected chi connectivity index (χ1v) is 2.70. The Labute approximate surface area is 57.3 Å². The van der Waals surface area contributed by atoms with E-state index in [0.717, 1.165) is 6.07 Å². The van der Waals surface area contributed by atoms with Gasteiger partial charge in [0.25, 0.3) is 0 Å². The molecule has 0 aliphatic rings. The number of hydrogen-bond donors (Lipinski definition) is 3. The van der Waals surface area contributed by atoms with E-state index in [9.17, 15) is 4.39 Å². The summed E-state index contributed by atoms with van der Waals surface area (Å²) in [6.45, 7) is 0. The van der Waals surface area contributed by atoms with Gasteiger partial charge in [-0.05, 0) is 12.1 Å². The van der Waals surface area contributed by atoms with E-state index >= 15 is 0 Å². The zero-order valence-corrected chi connectivity index (χ0v) is 5.13. The monoisotopic (exact) mass is 142 g/mol. The summed E-state index contributed by atoms with van der Waals surface area (Å²) in [6.07, 6.45) is 0. The van der Waals surface area contributed by atoms with E-state index in [1.165, 1.54) is 12.1 Å². The molecule has 54 valence electrons. The first-order valence-electron chi connectivity index (χ1n) is 2.70. The SMILES string of the molecule is NNc1cccc(F)c1O. The highest BCUT2D eigenvalue weighted by molar-refractivity contribution is 5.54. The van der Waals surface area contributed by atoms with Crippen LogP contribution in [0.2, 0.25) is 0 Å².